The van der Waals surface area contributed by atoms with E-state index in [2.05, 4.69) is 515 Å². The van der Waals surface area contributed by atoms with Gasteiger partial charge in [-0.15, -0.1) is 0 Å². The highest BCUT2D eigenvalue weighted by atomic mass is 15.1. The van der Waals surface area contributed by atoms with Gasteiger partial charge in [0.15, 0.2) is 0 Å². The molecule has 133 heavy (non-hydrogen) atoms. The number of fused-ring (bicyclic) bond motifs is 13. The van der Waals surface area contributed by atoms with E-state index in [1.54, 1.807) is 0 Å². The molecule has 5 nitrogen and oxygen atoms in total. The van der Waals surface area contributed by atoms with Crippen LogP contribution in [0.15, 0.2) is 491 Å². The largest absolute Gasteiger partial charge is 0.309 e. The van der Waals surface area contributed by atoms with Crippen LogP contribution in [0.2, 0.25) is 0 Å². The smallest absolute Gasteiger partial charge is 0.0618 e. The number of para-hydroxylation sites is 9. The monoisotopic (exact) mass is 1690 g/mol. The van der Waals surface area contributed by atoms with Crippen LogP contribution in [0.4, 0.5) is 17.1 Å². The summed E-state index contributed by atoms with van der Waals surface area (Å²) in [6.45, 7) is 0. The van der Waals surface area contributed by atoms with Crippen molar-refractivity contribution in [3.8, 4) is 134 Å². The molecule has 0 radical (unpaired) electrons. The van der Waals surface area contributed by atoms with Gasteiger partial charge in [0.2, 0.25) is 0 Å². The number of aryl methyl sites for hydroxylation is 2. The lowest BCUT2D eigenvalue weighted by molar-refractivity contribution is 0.836. The van der Waals surface area contributed by atoms with Gasteiger partial charge in [-0.05, 0) is 241 Å². The van der Waals surface area contributed by atoms with Crippen molar-refractivity contribution in [2.75, 3.05) is 4.90 Å². The van der Waals surface area contributed by atoms with E-state index in [9.17, 15) is 0 Å². The molecule has 1 aliphatic carbocycles. The average Bonchev–Trinajstić information content (AvgIpc) is 1.59. The Kier molecular flexibility index (Phi) is 18.4. The molecule has 4 aromatic heterocycles. The van der Waals surface area contributed by atoms with Crippen LogP contribution in [0.25, 0.3) is 221 Å². The summed E-state index contributed by atoms with van der Waals surface area (Å²) in [7, 11) is 0. The highest BCUT2D eigenvalue weighted by molar-refractivity contribution is 6.17. The van der Waals surface area contributed by atoms with E-state index in [-0.39, 0.29) is 0 Å². The SMILES string of the molecule is c1ccc(-c2cccc(-c3cccc(-c4cccc(-c5cccc(-c6cccc(-c7cccc(-c8ccccc8)c7N(c7ccccc7)c7ccccc7)c6)c5-n5c6ccccc6c6cc(-c7ccc8c(c7)c7ccccc7n8-c7ccc8c(c7)CC8)ccc65)c4)c3-n3c4ccccc4c4cc(-c5ccc6c(c5)c5ccccc5n6-c5cccc(-c6ccccc6)c5)ccc43)c2)cc1. The predicted molar refractivity (Wildman–Crippen MR) is 560 cm³/mol. The van der Waals surface area contributed by atoms with Crippen LogP contribution in [-0.2, 0) is 12.8 Å². The molecule has 0 bridgehead atoms. The minimum atomic E-state index is 1.07. The second kappa shape index (κ2) is 31.8. The molecule has 0 amide bonds. The summed E-state index contributed by atoms with van der Waals surface area (Å²) >= 11 is 0. The highest BCUT2D eigenvalue weighted by Crippen LogP contribution is 2.52. The van der Waals surface area contributed by atoms with E-state index in [0.717, 1.165) is 158 Å². The van der Waals surface area contributed by atoms with Gasteiger partial charge in [-0.1, -0.05) is 352 Å². The minimum absolute atomic E-state index is 1.07. The third kappa shape index (κ3) is 13.0. The average molecular weight is 1690 g/mol. The molecule has 0 saturated heterocycles. The van der Waals surface area contributed by atoms with Gasteiger partial charge in [0.25, 0.3) is 0 Å². The van der Waals surface area contributed by atoms with Crippen molar-refractivity contribution < 1.29 is 0 Å². The zero-order valence-corrected chi connectivity index (χ0v) is 72.9. The number of hydrogen-bond acceptors (Lipinski definition) is 1. The first kappa shape index (κ1) is 76.8. The second-order valence-corrected chi connectivity index (χ2v) is 35.3. The van der Waals surface area contributed by atoms with Crippen molar-refractivity contribution in [2.45, 2.75) is 12.8 Å². The molecule has 0 spiro atoms. The third-order valence-corrected chi connectivity index (χ3v) is 27.8. The van der Waals surface area contributed by atoms with Gasteiger partial charge in [0.05, 0.1) is 61.2 Å². The molecular weight excluding hydrogens is 1610 g/mol. The summed E-state index contributed by atoms with van der Waals surface area (Å²) in [5.74, 6) is 0. The Balaban J connectivity index is 0.670. The summed E-state index contributed by atoms with van der Waals surface area (Å²) in [4.78, 5) is 2.44. The van der Waals surface area contributed by atoms with Gasteiger partial charge in [0, 0.05) is 99.2 Å². The van der Waals surface area contributed by atoms with Gasteiger partial charge in [0.1, 0.15) is 0 Å². The summed E-state index contributed by atoms with van der Waals surface area (Å²) in [6, 6.07) is 183. The molecule has 0 unspecified atom stereocenters. The van der Waals surface area contributed by atoms with Crippen LogP contribution in [0.5, 0.6) is 0 Å². The predicted octanol–water partition coefficient (Wildman–Crippen LogP) is 34.3. The van der Waals surface area contributed by atoms with Gasteiger partial charge in [-0.3, -0.25) is 0 Å². The first-order chi connectivity index (χ1) is 66.0. The van der Waals surface area contributed by atoms with Crippen molar-refractivity contribution >= 4 is 104 Å². The normalized spacial score (nSPS) is 12.0. The number of benzene rings is 21. The molecule has 1 aliphatic rings. The molecule has 622 valence electrons. The minimum Gasteiger partial charge on any atom is -0.309 e. The van der Waals surface area contributed by atoms with Crippen LogP contribution >= 0.6 is 0 Å². The Bertz CT molecular complexity index is 8900. The van der Waals surface area contributed by atoms with Gasteiger partial charge in [-0.25, -0.2) is 0 Å². The summed E-state index contributed by atoms with van der Waals surface area (Å²) in [5, 5.41) is 9.61. The van der Waals surface area contributed by atoms with Crippen molar-refractivity contribution in [3.63, 3.8) is 0 Å². The van der Waals surface area contributed by atoms with E-state index in [4.69, 9.17) is 0 Å². The molecule has 4 heterocycles. The molecule has 5 heteroatoms. The quantitative estimate of drug-likeness (QED) is 0.0891. The highest BCUT2D eigenvalue weighted by Gasteiger charge is 2.29. The van der Waals surface area contributed by atoms with Crippen molar-refractivity contribution in [1.29, 1.82) is 0 Å². The first-order valence-electron chi connectivity index (χ1n) is 46.1. The van der Waals surface area contributed by atoms with Crippen LogP contribution in [-0.4, -0.2) is 18.3 Å². The van der Waals surface area contributed by atoms with Crippen molar-refractivity contribution in [3.05, 3.63) is 503 Å². The third-order valence-electron chi connectivity index (χ3n) is 27.8. The van der Waals surface area contributed by atoms with Crippen LogP contribution in [0.3, 0.4) is 0 Å². The van der Waals surface area contributed by atoms with E-state index >= 15 is 0 Å². The van der Waals surface area contributed by atoms with E-state index < -0.39 is 0 Å². The zero-order chi connectivity index (χ0) is 87.6. The maximum atomic E-state index is 2.58. The maximum absolute atomic E-state index is 2.58. The van der Waals surface area contributed by atoms with Crippen LogP contribution < -0.4 is 4.90 Å². The maximum Gasteiger partial charge on any atom is 0.0618 e. The topological polar surface area (TPSA) is 23.0 Å². The number of hydrogen-bond donors (Lipinski definition) is 0. The van der Waals surface area contributed by atoms with Crippen molar-refractivity contribution in [2.24, 2.45) is 0 Å². The number of rotatable bonds is 17. The fourth-order valence-corrected chi connectivity index (χ4v) is 21.6. The molecular formula is C128H85N5. The molecule has 0 saturated carbocycles. The molecule has 26 rings (SSSR count). The summed E-state index contributed by atoms with van der Waals surface area (Å²) in [6.07, 6.45) is 2.28. The molecule has 21 aromatic carbocycles. The molecule has 25 aromatic rings. The Labute approximate surface area is 771 Å². The molecule has 0 N–H and O–H groups in total. The number of anilines is 3. The van der Waals surface area contributed by atoms with Gasteiger partial charge < -0.3 is 23.2 Å². The van der Waals surface area contributed by atoms with Crippen LogP contribution in [0.1, 0.15) is 11.1 Å². The summed E-state index contributed by atoms with van der Waals surface area (Å²) < 4.78 is 10.0. The van der Waals surface area contributed by atoms with Gasteiger partial charge >= 0.3 is 0 Å². The molecule has 0 atom stereocenters. The molecule has 0 fully saturated rings. The lowest BCUT2D eigenvalue weighted by Crippen LogP contribution is -2.12. The van der Waals surface area contributed by atoms with E-state index in [0.29, 0.717) is 0 Å². The van der Waals surface area contributed by atoms with E-state index in [1.807, 2.05) is 0 Å². The Morgan fingerprint density at radius 2 is 0.421 bits per heavy atom. The second-order valence-electron chi connectivity index (χ2n) is 35.3. The number of nitrogens with zero attached hydrogens (tertiary/aromatic N) is 5. The Morgan fingerprint density at radius 3 is 0.812 bits per heavy atom. The first-order valence-corrected chi connectivity index (χ1v) is 46.1. The Morgan fingerprint density at radius 1 is 0.150 bits per heavy atom. The zero-order valence-electron chi connectivity index (χ0n) is 72.9. The summed E-state index contributed by atoms with van der Waals surface area (Å²) in [5.41, 5.74) is 42.5. The van der Waals surface area contributed by atoms with Crippen molar-refractivity contribution in [1.82, 2.24) is 18.3 Å². The van der Waals surface area contributed by atoms with E-state index in [1.165, 1.54) is 104 Å². The molecule has 0 aliphatic heterocycles. The number of aromatic nitrogens is 4. The lowest BCUT2D eigenvalue weighted by atomic mass is 9.88. The van der Waals surface area contributed by atoms with Gasteiger partial charge in [-0.2, -0.15) is 0 Å². The van der Waals surface area contributed by atoms with Crippen LogP contribution in [0, 0.1) is 0 Å². The fourth-order valence-electron chi connectivity index (χ4n) is 21.6. The Hall–Kier alpha value is -17.4. The fraction of sp³-hybridized carbons (Fsp3) is 0.0156. The lowest BCUT2D eigenvalue weighted by Gasteiger charge is -2.30. The standard InChI is InChI=1S/C128H85N5/c1-6-31-84(32-7-1)88-37-24-39-95(75-88)106-55-29-56-107(127(106)132-120-61-22-18-51-112(120)116-82-93(68-73-124(116)132)91-66-71-122-114(80-91)110-49-16-20-59-118(110)130(122)102-48-27-38-89(78-102)85-33-8-2-9-34-85)98-42-26-43-99(77-98)109-58-30-57-108(97-41-25-40-96(76-97)105-54-28-53-104(87-35-10-3-11-36-87)126(105)129(100-44-12-4-13-45-100)101-46-14-5-15-47-101)128(109)133-121-62-23-19-52-113(121)117-83-94(69-74-125(117)133)92-67-72-123-115(81-92)111-50-17-21-60-119(111)131(123)103-70-65-86-63-64-90(86)79-103/h1-62,65-83H,63-64H2.